The minimum atomic E-state index is -0.132. The minimum Gasteiger partial charge on any atom is -0.345 e. The van der Waals surface area contributed by atoms with Crippen molar-refractivity contribution in [2.24, 2.45) is 0 Å². The van der Waals surface area contributed by atoms with Crippen LogP contribution in [-0.2, 0) is 4.79 Å². The van der Waals surface area contributed by atoms with Crippen molar-refractivity contribution in [2.75, 3.05) is 5.32 Å². The first-order valence-corrected chi connectivity index (χ1v) is 7.74. The van der Waals surface area contributed by atoms with E-state index in [1.165, 1.54) is 12.5 Å². The van der Waals surface area contributed by atoms with Gasteiger partial charge in [-0.15, -0.1) is 0 Å². The van der Waals surface area contributed by atoms with Gasteiger partial charge in [-0.2, -0.15) is 0 Å². The summed E-state index contributed by atoms with van der Waals surface area (Å²) in [6, 6.07) is 15.0. The number of benzene rings is 2. The summed E-state index contributed by atoms with van der Waals surface area (Å²) in [4.78, 5) is 23.4. The lowest BCUT2D eigenvalue weighted by molar-refractivity contribution is -0.114. The van der Waals surface area contributed by atoms with Crippen LogP contribution in [0.3, 0.4) is 0 Å². The summed E-state index contributed by atoms with van der Waals surface area (Å²) >= 11 is 0. The molecule has 0 saturated heterocycles. The first-order valence-electron chi connectivity index (χ1n) is 7.74. The molecule has 0 aliphatic heterocycles. The summed E-state index contributed by atoms with van der Waals surface area (Å²) in [5.41, 5.74) is 3.55. The van der Waals surface area contributed by atoms with Gasteiger partial charge in [0.2, 0.25) is 5.91 Å². The van der Waals surface area contributed by atoms with E-state index in [9.17, 15) is 9.59 Å². The van der Waals surface area contributed by atoms with Crippen LogP contribution in [0.15, 0.2) is 48.5 Å². The van der Waals surface area contributed by atoms with Crippen LogP contribution in [0.2, 0.25) is 0 Å². The van der Waals surface area contributed by atoms with Gasteiger partial charge in [-0.3, -0.25) is 9.59 Å². The van der Waals surface area contributed by atoms with Crippen molar-refractivity contribution in [2.45, 2.75) is 33.2 Å². The second-order valence-electron chi connectivity index (χ2n) is 5.60. The number of amides is 2. The fourth-order valence-corrected chi connectivity index (χ4v) is 2.37. The van der Waals surface area contributed by atoms with Crippen molar-refractivity contribution in [3.05, 3.63) is 65.2 Å². The third-order valence-corrected chi connectivity index (χ3v) is 3.66. The van der Waals surface area contributed by atoms with Gasteiger partial charge in [0.25, 0.3) is 5.91 Å². The highest BCUT2D eigenvalue weighted by Crippen LogP contribution is 2.18. The Morgan fingerprint density at radius 3 is 2.13 bits per heavy atom. The van der Waals surface area contributed by atoms with Crippen LogP contribution in [0.5, 0.6) is 0 Å². The highest BCUT2D eigenvalue weighted by Gasteiger charge is 2.14. The van der Waals surface area contributed by atoms with Gasteiger partial charge in [0, 0.05) is 18.2 Å². The zero-order chi connectivity index (χ0) is 16.8. The molecule has 0 bridgehead atoms. The Labute approximate surface area is 136 Å². The predicted molar refractivity (Wildman–Crippen MR) is 92.4 cm³/mol. The van der Waals surface area contributed by atoms with E-state index in [0.717, 1.165) is 12.0 Å². The standard InChI is InChI=1S/C19H22N2O2/c1-4-18(15-7-5-13(2)6-8-15)21-19(23)16-9-11-17(12-10-16)20-14(3)22/h5-12,18H,4H2,1-3H3,(H,20,22)(H,21,23)/t18-/m0/s1. The van der Waals surface area contributed by atoms with Gasteiger partial charge in [-0.05, 0) is 43.2 Å². The molecule has 23 heavy (non-hydrogen) atoms. The number of aryl methyl sites for hydroxylation is 1. The van der Waals surface area contributed by atoms with Crippen LogP contribution in [-0.4, -0.2) is 11.8 Å². The third-order valence-electron chi connectivity index (χ3n) is 3.66. The summed E-state index contributed by atoms with van der Waals surface area (Å²) in [6.45, 7) is 5.54. The monoisotopic (exact) mass is 310 g/mol. The maximum atomic E-state index is 12.4. The normalized spacial score (nSPS) is 11.6. The molecule has 0 fully saturated rings. The molecule has 0 saturated carbocycles. The maximum absolute atomic E-state index is 12.4. The van der Waals surface area contributed by atoms with Crippen LogP contribution in [0.1, 0.15) is 47.8 Å². The second-order valence-corrected chi connectivity index (χ2v) is 5.60. The molecule has 0 aliphatic rings. The van der Waals surface area contributed by atoms with Crippen molar-refractivity contribution in [1.82, 2.24) is 5.32 Å². The molecule has 0 heterocycles. The molecular weight excluding hydrogens is 288 g/mol. The van der Waals surface area contributed by atoms with Crippen molar-refractivity contribution < 1.29 is 9.59 Å². The Hall–Kier alpha value is -2.62. The molecule has 2 rings (SSSR count). The van der Waals surface area contributed by atoms with Crippen LogP contribution in [0.4, 0.5) is 5.69 Å². The molecule has 0 aliphatic carbocycles. The molecule has 0 unspecified atom stereocenters. The van der Waals surface area contributed by atoms with E-state index < -0.39 is 0 Å². The number of hydrogen-bond donors (Lipinski definition) is 2. The van der Waals surface area contributed by atoms with Gasteiger partial charge in [0.15, 0.2) is 0 Å². The highest BCUT2D eigenvalue weighted by atomic mass is 16.2. The zero-order valence-corrected chi connectivity index (χ0v) is 13.7. The Balaban J connectivity index is 2.07. The first-order chi connectivity index (χ1) is 11.0. The number of anilines is 1. The van der Waals surface area contributed by atoms with Gasteiger partial charge in [0.1, 0.15) is 0 Å². The number of carbonyl (C=O) groups excluding carboxylic acids is 2. The topological polar surface area (TPSA) is 58.2 Å². The molecule has 0 spiro atoms. The summed E-state index contributed by atoms with van der Waals surface area (Å²) in [6.07, 6.45) is 0.818. The van der Waals surface area contributed by atoms with Gasteiger partial charge in [0.05, 0.1) is 6.04 Å². The van der Waals surface area contributed by atoms with E-state index >= 15 is 0 Å². The van der Waals surface area contributed by atoms with Crippen LogP contribution in [0, 0.1) is 6.92 Å². The third kappa shape index (κ3) is 4.68. The maximum Gasteiger partial charge on any atom is 0.251 e. The van der Waals surface area contributed by atoms with E-state index in [4.69, 9.17) is 0 Å². The number of hydrogen-bond acceptors (Lipinski definition) is 2. The molecule has 2 aromatic rings. The van der Waals surface area contributed by atoms with Gasteiger partial charge < -0.3 is 10.6 Å². The quantitative estimate of drug-likeness (QED) is 0.881. The summed E-state index contributed by atoms with van der Waals surface area (Å²) in [5.74, 6) is -0.251. The largest absolute Gasteiger partial charge is 0.345 e. The van der Waals surface area contributed by atoms with Crippen molar-refractivity contribution in [3.63, 3.8) is 0 Å². The van der Waals surface area contributed by atoms with Crippen LogP contribution < -0.4 is 10.6 Å². The van der Waals surface area contributed by atoms with E-state index in [2.05, 4.69) is 10.6 Å². The molecule has 2 N–H and O–H groups in total. The lowest BCUT2D eigenvalue weighted by Crippen LogP contribution is -2.28. The fourth-order valence-electron chi connectivity index (χ4n) is 2.37. The Morgan fingerprint density at radius 1 is 1.00 bits per heavy atom. The smallest absolute Gasteiger partial charge is 0.251 e. The van der Waals surface area contributed by atoms with Gasteiger partial charge in [-0.1, -0.05) is 36.8 Å². The molecule has 2 amide bonds. The lowest BCUT2D eigenvalue weighted by atomic mass is 10.0. The number of rotatable bonds is 5. The predicted octanol–water partition coefficient (Wildman–Crippen LogP) is 3.83. The molecule has 2 aromatic carbocycles. The SMILES string of the molecule is CC[C@H](NC(=O)c1ccc(NC(C)=O)cc1)c1ccc(C)cc1. The highest BCUT2D eigenvalue weighted by molar-refractivity contribution is 5.95. The molecule has 0 aromatic heterocycles. The van der Waals surface area contributed by atoms with Crippen molar-refractivity contribution in [1.29, 1.82) is 0 Å². The lowest BCUT2D eigenvalue weighted by Gasteiger charge is -2.18. The van der Waals surface area contributed by atoms with Crippen molar-refractivity contribution in [3.8, 4) is 0 Å². The fraction of sp³-hybridized carbons (Fsp3) is 0.263. The summed E-state index contributed by atoms with van der Waals surface area (Å²) < 4.78 is 0. The van der Waals surface area contributed by atoms with Gasteiger partial charge in [-0.25, -0.2) is 0 Å². The van der Waals surface area contributed by atoms with Crippen molar-refractivity contribution >= 4 is 17.5 Å². The molecule has 0 radical (unpaired) electrons. The summed E-state index contributed by atoms with van der Waals surface area (Å²) in [7, 11) is 0. The molecule has 4 nitrogen and oxygen atoms in total. The summed E-state index contributed by atoms with van der Waals surface area (Å²) in [5, 5.41) is 5.74. The van der Waals surface area contributed by atoms with Gasteiger partial charge >= 0.3 is 0 Å². The first kappa shape index (κ1) is 16.7. The number of carbonyl (C=O) groups is 2. The average Bonchev–Trinajstić information content (AvgIpc) is 2.53. The molecule has 120 valence electrons. The minimum absolute atomic E-state index is 0.0156. The Kier molecular flexibility index (Phi) is 5.52. The van der Waals surface area contributed by atoms with E-state index in [1.807, 2.05) is 38.1 Å². The van der Waals surface area contributed by atoms with Crippen LogP contribution >= 0.6 is 0 Å². The second kappa shape index (κ2) is 7.58. The van der Waals surface area contributed by atoms with E-state index in [-0.39, 0.29) is 17.9 Å². The zero-order valence-electron chi connectivity index (χ0n) is 13.7. The average molecular weight is 310 g/mol. The van der Waals surface area contributed by atoms with E-state index in [0.29, 0.717) is 11.3 Å². The Morgan fingerprint density at radius 2 is 1.61 bits per heavy atom. The molecular formula is C19H22N2O2. The van der Waals surface area contributed by atoms with Crippen LogP contribution in [0.25, 0.3) is 0 Å². The molecule has 4 heteroatoms. The van der Waals surface area contributed by atoms with E-state index in [1.54, 1.807) is 24.3 Å². The number of nitrogens with one attached hydrogen (secondary N) is 2. The molecule has 1 atom stereocenters. The Bertz CT molecular complexity index is 676.